The predicted molar refractivity (Wildman–Crippen MR) is 97.5 cm³/mol. The molecule has 0 fully saturated rings. The zero-order valence-electron chi connectivity index (χ0n) is 14.4. The number of rotatable bonds is 9. The van der Waals surface area contributed by atoms with Gasteiger partial charge in [-0.05, 0) is 36.2 Å². The van der Waals surface area contributed by atoms with Crippen LogP contribution in [0.25, 0.3) is 0 Å². The quantitative estimate of drug-likeness (QED) is 0.577. The van der Waals surface area contributed by atoms with Crippen LogP contribution in [-0.2, 0) is 24.5 Å². The van der Waals surface area contributed by atoms with Gasteiger partial charge in [-0.2, -0.15) is 0 Å². The molecular formula is C19H22N4O3. The number of urea groups is 1. The third-order valence-corrected chi connectivity index (χ3v) is 3.72. The fourth-order valence-electron chi connectivity index (χ4n) is 2.46. The molecule has 0 radical (unpaired) electrons. The summed E-state index contributed by atoms with van der Waals surface area (Å²) in [5.74, 6) is 0.786. The standard InChI is InChI=1S/C19H22N4O3/c24-19(21-7-3-9-23-10-8-20-15-23)22-17-5-1-4-16(12-17)13-25-14-18-6-2-11-26-18/h1-2,4-6,8,10-12,15H,3,7,9,13-14H2,(H2,21,22,24). The van der Waals surface area contributed by atoms with Crippen molar-refractivity contribution in [2.75, 3.05) is 11.9 Å². The van der Waals surface area contributed by atoms with Crippen molar-refractivity contribution in [2.24, 2.45) is 0 Å². The van der Waals surface area contributed by atoms with Gasteiger partial charge in [-0.1, -0.05) is 12.1 Å². The monoisotopic (exact) mass is 354 g/mol. The van der Waals surface area contributed by atoms with Gasteiger partial charge in [-0.3, -0.25) is 0 Å². The number of nitrogens with zero attached hydrogens (tertiary/aromatic N) is 2. The van der Waals surface area contributed by atoms with Crippen molar-refractivity contribution in [1.29, 1.82) is 0 Å². The van der Waals surface area contributed by atoms with Crippen LogP contribution in [0, 0.1) is 0 Å². The molecule has 1 aromatic carbocycles. The number of hydrogen-bond donors (Lipinski definition) is 2. The molecule has 3 aromatic rings. The minimum atomic E-state index is -0.218. The summed E-state index contributed by atoms with van der Waals surface area (Å²) in [6.07, 6.45) is 7.87. The van der Waals surface area contributed by atoms with Gasteiger partial charge in [0.2, 0.25) is 0 Å². The Hall–Kier alpha value is -3.06. The maximum Gasteiger partial charge on any atom is 0.319 e. The minimum Gasteiger partial charge on any atom is -0.467 e. The number of ether oxygens (including phenoxy) is 1. The van der Waals surface area contributed by atoms with E-state index in [1.165, 1.54) is 0 Å². The lowest BCUT2D eigenvalue weighted by molar-refractivity contribution is 0.0930. The van der Waals surface area contributed by atoms with Gasteiger partial charge in [-0.25, -0.2) is 9.78 Å². The van der Waals surface area contributed by atoms with Gasteiger partial charge in [0.1, 0.15) is 12.4 Å². The van der Waals surface area contributed by atoms with Crippen molar-refractivity contribution in [1.82, 2.24) is 14.9 Å². The number of aromatic nitrogens is 2. The highest BCUT2D eigenvalue weighted by molar-refractivity contribution is 5.89. The van der Waals surface area contributed by atoms with Crippen LogP contribution < -0.4 is 10.6 Å². The molecule has 0 unspecified atom stereocenters. The smallest absolute Gasteiger partial charge is 0.319 e. The highest BCUT2D eigenvalue weighted by Gasteiger charge is 2.03. The molecule has 2 N–H and O–H groups in total. The van der Waals surface area contributed by atoms with Crippen LogP contribution in [0.3, 0.4) is 0 Å². The lowest BCUT2D eigenvalue weighted by Gasteiger charge is -2.09. The minimum absolute atomic E-state index is 0.218. The largest absolute Gasteiger partial charge is 0.467 e. The zero-order chi connectivity index (χ0) is 18.0. The normalized spacial score (nSPS) is 10.6. The number of aryl methyl sites for hydroxylation is 1. The molecule has 0 saturated heterocycles. The van der Waals surface area contributed by atoms with Crippen molar-refractivity contribution in [3.05, 3.63) is 72.7 Å². The number of benzene rings is 1. The first kappa shape index (κ1) is 17.8. The molecule has 0 saturated carbocycles. The van der Waals surface area contributed by atoms with Crippen LogP contribution in [0.15, 0.2) is 65.8 Å². The summed E-state index contributed by atoms with van der Waals surface area (Å²) in [4.78, 5) is 16.0. The first-order chi connectivity index (χ1) is 12.8. The van der Waals surface area contributed by atoms with E-state index in [4.69, 9.17) is 9.15 Å². The number of imidazole rings is 1. The topological polar surface area (TPSA) is 81.3 Å². The van der Waals surface area contributed by atoms with E-state index in [2.05, 4.69) is 15.6 Å². The summed E-state index contributed by atoms with van der Waals surface area (Å²) >= 11 is 0. The highest BCUT2D eigenvalue weighted by Crippen LogP contribution is 2.12. The lowest BCUT2D eigenvalue weighted by Crippen LogP contribution is -2.30. The molecule has 0 bridgehead atoms. The van der Waals surface area contributed by atoms with Gasteiger partial charge in [0, 0.05) is 31.2 Å². The molecule has 0 aliphatic rings. The average molecular weight is 354 g/mol. The van der Waals surface area contributed by atoms with Gasteiger partial charge < -0.3 is 24.4 Å². The Labute approximate surface area is 152 Å². The van der Waals surface area contributed by atoms with Crippen molar-refractivity contribution < 1.29 is 13.9 Å². The molecule has 0 aliphatic carbocycles. The SMILES string of the molecule is O=C(NCCCn1ccnc1)Nc1cccc(COCc2ccco2)c1. The van der Waals surface area contributed by atoms with Crippen LogP contribution in [-0.4, -0.2) is 22.1 Å². The van der Waals surface area contributed by atoms with Crippen LogP contribution in [0.4, 0.5) is 10.5 Å². The number of furan rings is 1. The van der Waals surface area contributed by atoms with Crippen LogP contribution in [0.5, 0.6) is 0 Å². The Morgan fingerprint density at radius 1 is 1.23 bits per heavy atom. The fourth-order valence-corrected chi connectivity index (χ4v) is 2.46. The molecule has 2 amide bonds. The first-order valence-corrected chi connectivity index (χ1v) is 8.49. The molecule has 7 nitrogen and oxygen atoms in total. The van der Waals surface area contributed by atoms with Crippen molar-refractivity contribution >= 4 is 11.7 Å². The molecule has 3 rings (SSSR count). The van der Waals surface area contributed by atoms with Crippen LogP contribution in [0.2, 0.25) is 0 Å². The summed E-state index contributed by atoms with van der Waals surface area (Å²) in [5, 5.41) is 5.68. The molecule has 0 aliphatic heterocycles. The number of carbonyl (C=O) groups excluding carboxylic acids is 1. The van der Waals surface area contributed by atoms with E-state index in [-0.39, 0.29) is 6.03 Å². The first-order valence-electron chi connectivity index (χ1n) is 8.49. The van der Waals surface area contributed by atoms with E-state index in [0.29, 0.717) is 19.8 Å². The number of hydrogen-bond acceptors (Lipinski definition) is 4. The second kappa shape index (κ2) is 9.43. The third kappa shape index (κ3) is 5.78. The molecule has 7 heteroatoms. The summed E-state index contributed by atoms with van der Waals surface area (Å²) in [7, 11) is 0. The van der Waals surface area contributed by atoms with E-state index in [1.54, 1.807) is 18.8 Å². The van der Waals surface area contributed by atoms with Gasteiger partial charge in [-0.15, -0.1) is 0 Å². The maximum atomic E-state index is 12.0. The molecule has 136 valence electrons. The Bertz CT molecular complexity index is 785. The van der Waals surface area contributed by atoms with Crippen LogP contribution >= 0.6 is 0 Å². The van der Waals surface area contributed by atoms with Gasteiger partial charge >= 0.3 is 6.03 Å². The number of carbonyl (C=O) groups is 1. The molecule has 0 spiro atoms. The Kier molecular flexibility index (Phi) is 6.44. The Morgan fingerprint density at radius 3 is 3.00 bits per heavy atom. The summed E-state index contributed by atoms with van der Waals surface area (Å²) < 4.78 is 12.8. The second-order valence-corrected chi connectivity index (χ2v) is 5.81. The second-order valence-electron chi connectivity index (χ2n) is 5.81. The van der Waals surface area contributed by atoms with E-state index in [9.17, 15) is 4.79 Å². The summed E-state index contributed by atoms with van der Waals surface area (Å²) in [6.45, 7) is 2.28. The van der Waals surface area contributed by atoms with E-state index in [0.717, 1.165) is 30.0 Å². The molecular weight excluding hydrogens is 332 g/mol. The van der Waals surface area contributed by atoms with Gasteiger partial charge in [0.15, 0.2) is 0 Å². The molecule has 0 atom stereocenters. The van der Waals surface area contributed by atoms with E-state index in [1.807, 2.05) is 47.2 Å². The van der Waals surface area contributed by atoms with Gasteiger partial charge in [0.25, 0.3) is 0 Å². The lowest BCUT2D eigenvalue weighted by atomic mass is 10.2. The molecule has 2 aromatic heterocycles. The fraction of sp³-hybridized carbons (Fsp3) is 0.263. The zero-order valence-corrected chi connectivity index (χ0v) is 14.4. The number of amides is 2. The van der Waals surface area contributed by atoms with Gasteiger partial charge in [0.05, 0.1) is 19.2 Å². The number of anilines is 1. The van der Waals surface area contributed by atoms with Crippen molar-refractivity contribution in [3.63, 3.8) is 0 Å². The predicted octanol–water partition coefficient (Wildman–Crippen LogP) is 3.40. The number of nitrogens with one attached hydrogen (secondary N) is 2. The van der Waals surface area contributed by atoms with E-state index >= 15 is 0 Å². The van der Waals surface area contributed by atoms with E-state index < -0.39 is 0 Å². The average Bonchev–Trinajstić information content (AvgIpc) is 3.33. The third-order valence-electron chi connectivity index (χ3n) is 3.72. The molecule has 2 heterocycles. The molecule has 26 heavy (non-hydrogen) atoms. The summed E-state index contributed by atoms with van der Waals surface area (Å²) in [5.41, 5.74) is 1.71. The Morgan fingerprint density at radius 2 is 2.19 bits per heavy atom. The maximum absolute atomic E-state index is 12.0. The highest BCUT2D eigenvalue weighted by atomic mass is 16.5. The van der Waals surface area contributed by atoms with Crippen molar-refractivity contribution in [3.8, 4) is 0 Å². The van der Waals surface area contributed by atoms with Crippen molar-refractivity contribution in [2.45, 2.75) is 26.2 Å². The van der Waals surface area contributed by atoms with Crippen LogP contribution in [0.1, 0.15) is 17.7 Å². The Balaban J connectivity index is 1.37. The summed E-state index contributed by atoms with van der Waals surface area (Å²) in [6, 6.07) is 11.1.